The van der Waals surface area contributed by atoms with Crippen LogP contribution in [0.1, 0.15) is 5.89 Å². The van der Waals surface area contributed by atoms with E-state index in [0.717, 1.165) is 0 Å². The van der Waals surface area contributed by atoms with Crippen LogP contribution in [0.5, 0.6) is 0 Å². The lowest BCUT2D eigenvalue weighted by atomic mass is 10.2. The second kappa shape index (κ2) is 7.39. The number of fused-ring (bicyclic) bond motifs is 1. The van der Waals surface area contributed by atoms with Gasteiger partial charge in [-0.15, -0.1) is 0 Å². The summed E-state index contributed by atoms with van der Waals surface area (Å²) in [5.74, 6) is 0.351. The lowest BCUT2D eigenvalue weighted by Crippen LogP contribution is -2.33. The molecule has 0 aliphatic rings. The molecule has 0 unspecified atom stereocenters. The van der Waals surface area contributed by atoms with Gasteiger partial charge in [0.1, 0.15) is 12.2 Å². The highest BCUT2D eigenvalue weighted by atomic mass is 16.5. The van der Waals surface area contributed by atoms with E-state index in [4.69, 9.17) is 4.52 Å². The summed E-state index contributed by atoms with van der Waals surface area (Å²) in [6, 6.07) is 12.4. The second-order valence-electron chi connectivity index (χ2n) is 6.17. The summed E-state index contributed by atoms with van der Waals surface area (Å²) < 4.78 is 6.48. The Bertz CT molecular complexity index is 1180. The van der Waals surface area contributed by atoms with E-state index in [1.54, 1.807) is 43.6 Å². The number of carbonyl (C=O) groups is 1. The molecule has 0 atom stereocenters. The molecule has 0 saturated heterocycles. The van der Waals surface area contributed by atoms with Crippen molar-refractivity contribution >= 4 is 16.8 Å². The highest BCUT2D eigenvalue weighted by Crippen LogP contribution is 2.13. The molecular weight excluding hydrogens is 360 g/mol. The third-order valence-electron chi connectivity index (χ3n) is 4.20. The van der Waals surface area contributed by atoms with E-state index < -0.39 is 0 Å². The maximum Gasteiger partial charge on any atom is 0.261 e. The van der Waals surface area contributed by atoms with Crippen molar-refractivity contribution in [1.82, 2.24) is 29.6 Å². The molecule has 0 N–H and O–H groups in total. The second-order valence-corrected chi connectivity index (χ2v) is 6.17. The third-order valence-corrected chi connectivity index (χ3v) is 4.20. The number of benzene rings is 1. The van der Waals surface area contributed by atoms with Crippen LogP contribution >= 0.6 is 0 Å². The van der Waals surface area contributed by atoms with Gasteiger partial charge in [-0.1, -0.05) is 23.4 Å². The number of amides is 1. The number of carbonyl (C=O) groups excluding carboxylic acids is 1. The number of rotatable bonds is 5. The number of aromatic nitrogens is 5. The van der Waals surface area contributed by atoms with Gasteiger partial charge in [0.25, 0.3) is 5.56 Å². The Labute approximate surface area is 159 Å². The predicted octanol–water partition coefficient (Wildman–Crippen LogP) is 1.50. The van der Waals surface area contributed by atoms with E-state index in [2.05, 4.69) is 20.1 Å². The summed E-state index contributed by atoms with van der Waals surface area (Å²) in [5.41, 5.74) is 0.917. The summed E-state index contributed by atoms with van der Waals surface area (Å²) in [6.45, 7) is -0.0111. The normalized spacial score (nSPS) is 10.9. The smallest absolute Gasteiger partial charge is 0.261 e. The van der Waals surface area contributed by atoms with Crippen molar-refractivity contribution in [2.45, 2.75) is 13.1 Å². The van der Waals surface area contributed by atoms with Crippen LogP contribution in [0.4, 0.5) is 0 Å². The van der Waals surface area contributed by atoms with Crippen LogP contribution in [0.25, 0.3) is 22.4 Å². The molecule has 0 aliphatic carbocycles. The zero-order valence-corrected chi connectivity index (χ0v) is 15.0. The molecule has 140 valence electrons. The number of hydrogen-bond acceptors (Lipinski definition) is 7. The van der Waals surface area contributed by atoms with Crippen LogP contribution in [-0.4, -0.2) is 42.5 Å². The minimum Gasteiger partial charge on any atom is -0.337 e. The summed E-state index contributed by atoms with van der Waals surface area (Å²) >= 11 is 0. The molecule has 9 heteroatoms. The predicted molar refractivity (Wildman–Crippen MR) is 100 cm³/mol. The molecule has 0 spiro atoms. The summed E-state index contributed by atoms with van der Waals surface area (Å²) in [4.78, 5) is 39.1. The van der Waals surface area contributed by atoms with Crippen LogP contribution in [-0.2, 0) is 17.9 Å². The molecule has 0 radical (unpaired) electrons. The number of likely N-dealkylation sites (N-methyl/N-ethyl adjacent to an activating group) is 1. The van der Waals surface area contributed by atoms with Crippen molar-refractivity contribution in [2.75, 3.05) is 7.05 Å². The zero-order valence-electron chi connectivity index (χ0n) is 15.0. The van der Waals surface area contributed by atoms with Crippen LogP contribution < -0.4 is 5.56 Å². The van der Waals surface area contributed by atoms with Crippen molar-refractivity contribution in [3.63, 3.8) is 0 Å². The van der Waals surface area contributed by atoms with E-state index in [0.29, 0.717) is 22.4 Å². The fourth-order valence-corrected chi connectivity index (χ4v) is 2.69. The van der Waals surface area contributed by atoms with Crippen molar-refractivity contribution in [1.29, 1.82) is 0 Å². The minimum absolute atomic E-state index is 0.119. The van der Waals surface area contributed by atoms with E-state index in [9.17, 15) is 9.59 Å². The SMILES string of the molecule is CN(Cc1nc(-c2ccccn2)no1)C(=O)Cn1cnc2ccccc2c1=O. The first-order chi connectivity index (χ1) is 13.6. The van der Waals surface area contributed by atoms with Gasteiger partial charge in [-0.05, 0) is 24.3 Å². The minimum atomic E-state index is -0.281. The highest BCUT2D eigenvalue weighted by Gasteiger charge is 2.16. The fraction of sp³-hybridized carbons (Fsp3) is 0.158. The van der Waals surface area contributed by atoms with Gasteiger partial charge >= 0.3 is 0 Å². The number of pyridine rings is 1. The largest absolute Gasteiger partial charge is 0.337 e. The lowest BCUT2D eigenvalue weighted by Gasteiger charge is -2.15. The summed E-state index contributed by atoms with van der Waals surface area (Å²) in [7, 11) is 1.60. The van der Waals surface area contributed by atoms with E-state index in [1.807, 2.05) is 12.1 Å². The molecule has 1 amide bonds. The topological polar surface area (TPSA) is 107 Å². The Hall–Kier alpha value is -3.88. The van der Waals surface area contributed by atoms with Gasteiger partial charge in [-0.2, -0.15) is 4.98 Å². The lowest BCUT2D eigenvalue weighted by molar-refractivity contribution is -0.131. The zero-order chi connectivity index (χ0) is 19.5. The van der Waals surface area contributed by atoms with Crippen molar-refractivity contribution in [3.8, 4) is 11.5 Å². The maximum absolute atomic E-state index is 12.5. The molecule has 4 rings (SSSR count). The molecule has 0 bridgehead atoms. The average molecular weight is 376 g/mol. The van der Waals surface area contributed by atoms with Crippen molar-refractivity contribution < 1.29 is 9.32 Å². The summed E-state index contributed by atoms with van der Waals surface area (Å²) in [6.07, 6.45) is 3.01. The van der Waals surface area contributed by atoms with Crippen LogP contribution in [0.15, 0.2) is 64.3 Å². The molecule has 0 saturated carbocycles. The van der Waals surface area contributed by atoms with Gasteiger partial charge in [0.05, 0.1) is 23.8 Å². The van der Waals surface area contributed by atoms with Gasteiger partial charge in [0, 0.05) is 13.2 Å². The Morgan fingerprint density at radius 3 is 2.79 bits per heavy atom. The van der Waals surface area contributed by atoms with Crippen molar-refractivity contribution in [3.05, 3.63) is 71.2 Å². The standard InChI is InChI=1S/C19H16N6O3/c1-24(10-16-22-18(23-28-16)15-8-4-5-9-20-15)17(26)11-25-12-21-14-7-3-2-6-13(14)19(25)27/h2-9,12H,10-11H2,1H3. The quantitative estimate of drug-likeness (QED) is 0.519. The average Bonchev–Trinajstić information content (AvgIpc) is 3.19. The van der Waals surface area contributed by atoms with Gasteiger partial charge in [0.15, 0.2) is 0 Å². The molecule has 28 heavy (non-hydrogen) atoms. The highest BCUT2D eigenvalue weighted by molar-refractivity contribution is 5.78. The van der Waals surface area contributed by atoms with Crippen molar-refractivity contribution in [2.24, 2.45) is 0 Å². The molecule has 4 aromatic rings. The first-order valence-corrected chi connectivity index (χ1v) is 8.54. The van der Waals surface area contributed by atoms with E-state index in [1.165, 1.54) is 15.8 Å². The Balaban J connectivity index is 1.47. The molecule has 3 aromatic heterocycles. The Kier molecular flexibility index (Phi) is 4.63. The maximum atomic E-state index is 12.5. The van der Waals surface area contributed by atoms with E-state index >= 15 is 0 Å². The van der Waals surface area contributed by atoms with Gasteiger partial charge in [0.2, 0.25) is 17.6 Å². The third kappa shape index (κ3) is 3.50. The molecule has 9 nitrogen and oxygen atoms in total. The molecule has 0 fully saturated rings. The van der Waals surface area contributed by atoms with Crippen LogP contribution in [0, 0.1) is 0 Å². The molecular formula is C19H16N6O3. The molecule has 3 heterocycles. The Morgan fingerprint density at radius 1 is 1.14 bits per heavy atom. The number of nitrogens with zero attached hydrogens (tertiary/aromatic N) is 6. The van der Waals surface area contributed by atoms with Gasteiger partial charge in [-0.3, -0.25) is 19.1 Å². The van der Waals surface area contributed by atoms with Gasteiger partial charge < -0.3 is 9.42 Å². The summed E-state index contributed by atoms with van der Waals surface area (Å²) in [5, 5.41) is 4.35. The fourth-order valence-electron chi connectivity index (χ4n) is 2.69. The van der Waals surface area contributed by atoms with Crippen LogP contribution in [0.2, 0.25) is 0 Å². The van der Waals surface area contributed by atoms with E-state index in [-0.39, 0.29) is 30.4 Å². The first kappa shape index (κ1) is 17.5. The van der Waals surface area contributed by atoms with Crippen LogP contribution in [0.3, 0.4) is 0 Å². The first-order valence-electron chi connectivity index (χ1n) is 8.54. The monoisotopic (exact) mass is 376 g/mol. The molecule has 1 aromatic carbocycles. The Morgan fingerprint density at radius 2 is 1.96 bits per heavy atom. The number of para-hydroxylation sites is 1. The number of hydrogen-bond donors (Lipinski definition) is 0. The molecule has 0 aliphatic heterocycles. The van der Waals surface area contributed by atoms with Gasteiger partial charge in [-0.25, -0.2) is 4.98 Å².